The van der Waals surface area contributed by atoms with Crippen LogP contribution in [0.15, 0.2) is 24.3 Å². The van der Waals surface area contributed by atoms with E-state index in [0.717, 1.165) is 38.8 Å². The molecule has 2 aliphatic heterocycles. The van der Waals surface area contributed by atoms with E-state index in [0.29, 0.717) is 41.7 Å². The van der Waals surface area contributed by atoms with Crippen molar-refractivity contribution in [1.82, 2.24) is 19.9 Å². The first-order valence-corrected chi connectivity index (χ1v) is 15.4. The largest absolute Gasteiger partial charge is 0.508 e. The van der Waals surface area contributed by atoms with E-state index < -0.39 is 17.7 Å². The zero-order chi connectivity index (χ0) is 31.2. The van der Waals surface area contributed by atoms with E-state index in [2.05, 4.69) is 14.9 Å². The van der Waals surface area contributed by atoms with Gasteiger partial charge in [-0.25, -0.2) is 13.8 Å². The summed E-state index contributed by atoms with van der Waals surface area (Å²) < 4.78 is 43.9. The lowest BCUT2D eigenvalue weighted by atomic mass is 9.94. The number of phenolic OH excluding ortho intramolecular Hbond substituents is 1. The minimum Gasteiger partial charge on any atom is -0.508 e. The third-order valence-corrected chi connectivity index (χ3v) is 9.11. The Morgan fingerprint density at radius 2 is 1.82 bits per heavy atom. The zero-order valence-electron chi connectivity index (χ0n) is 25.7. The van der Waals surface area contributed by atoms with Crippen LogP contribution in [0.25, 0.3) is 32.9 Å². The highest BCUT2D eigenvalue weighted by Gasteiger charge is 2.45. The first-order valence-electron chi connectivity index (χ1n) is 15.4. The number of aromatic nitrogens is 3. The summed E-state index contributed by atoms with van der Waals surface area (Å²) in [6.07, 6.45) is 3.90. The van der Waals surface area contributed by atoms with Crippen LogP contribution in [-0.2, 0) is 6.42 Å². The molecule has 6 rings (SSSR count). The SMILES string of the molecule is CCc1c(F)ccc2cc(O)cc(-c3nc(OC)c4c(N(CC)CC(C)O)nc(OCC56CCCN5CCC6)nc4c3F)c12. The summed E-state index contributed by atoms with van der Waals surface area (Å²) in [6.45, 7) is 8.53. The van der Waals surface area contributed by atoms with Crippen molar-refractivity contribution in [3.05, 3.63) is 41.5 Å². The minimum absolute atomic E-state index is 0.0174. The Hall–Kier alpha value is -3.83. The third-order valence-electron chi connectivity index (χ3n) is 9.11. The molecule has 0 radical (unpaired) electrons. The van der Waals surface area contributed by atoms with Gasteiger partial charge in [0.2, 0.25) is 5.88 Å². The molecule has 2 aromatic heterocycles. The van der Waals surface area contributed by atoms with E-state index in [-0.39, 0.29) is 51.9 Å². The number of phenols is 1. The van der Waals surface area contributed by atoms with E-state index in [1.54, 1.807) is 13.0 Å². The first-order chi connectivity index (χ1) is 21.2. The molecule has 0 amide bonds. The van der Waals surface area contributed by atoms with Gasteiger partial charge in [0.1, 0.15) is 40.6 Å². The molecule has 0 bridgehead atoms. The van der Waals surface area contributed by atoms with E-state index >= 15 is 4.39 Å². The number of methoxy groups -OCH3 is 1. The molecular weight excluding hydrogens is 568 g/mol. The van der Waals surface area contributed by atoms with Gasteiger partial charge in [0.05, 0.1) is 18.8 Å². The lowest BCUT2D eigenvalue weighted by molar-refractivity contribution is 0.108. The van der Waals surface area contributed by atoms with Gasteiger partial charge in [0.25, 0.3) is 0 Å². The second-order valence-electron chi connectivity index (χ2n) is 11.9. The Morgan fingerprint density at radius 1 is 1.07 bits per heavy atom. The molecular formula is C33H39F2N5O4. The first kappa shape index (κ1) is 30.2. The van der Waals surface area contributed by atoms with Crippen LogP contribution in [0, 0.1) is 11.6 Å². The number of anilines is 1. The van der Waals surface area contributed by atoms with Crippen molar-refractivity contribution < 1.29 is 28.5 Å². The summed E-state index contributed by atoms with van der Waals surface area (Å²) >= 11 is 0. The van der Waals surface area contributed by atoms with Gasteiger partial charge in [-0.2, -0.15) is 9.97 Å². The van der Waals surface area contributed by atoms with Crippen LogP contribution in [0.3, 0.4) is 0 Å². The number of pyridine rings is 1. The monoisotopic (exact) mass is 607 g/mol. The highest BCUT2D eigenvalue weighted by molar-refractivity contribution is 6.03. The Bertz CT molecular complexity index is 1710. The number of hydrogen-bond acceptors (Lipinski definition) is 9. The number of ether oxygens (including phenoxy) is 2. The fraction of sp³-hybridized carbons (Fsp3) is 0.485. The summed E-state index contributed by atoms with van der Waals surface area (Å²) in [7, 11) is 1.42. The summed E-state index contributed by atoms with van der Waals surface area (Å²) in [6, 6.07) is 5.82. The normalized spacial score (nSPS) is 16.9. The number of halogens is 2. The topological polar surface area (TPSA) is 104 Å². The van der Waals surface area contributed by atoms with Gasteiger partial charge in [-0.05, 0) is 93.6 Å². The van der Waals surface area contributed by atoms with Crippen LogP contribution in [0.4, 0.5) is 14.6 Å². The zero-order valence-corrected chi connectivity index (χ0v) is 25.7. The number of rotatable bonds is 10. The summed E-state index contributed by atoms with van der Waals surface area (Å²) in [5, 5.41) is 22.1. The van der Waals surface area contributed by atoms with Crippen molar-refractivity contribution in [2.75, 3.05) is 44.8 Å². The van der Waals surface area contributed by atoms with Crippen molar-refractivity contribution >= 4 is 27.5 Å². The van der Waals surface area contributed by atoms with Crippen LogP contribution in [0.2, 0.25) is 0 Å². The molecule has 2 aliphatic rings. The lowest BCUT2D eigenvalue weighted by Gasteiger charge is -2.31. The van der Waals surface area contributed by atoms with Crippen molar-refractivity contribution in [2.45, 2.75) is 64.5 Å². The van der Waals surface area contributed by atoms with E-state index in [1.807, 2.05) is 18.7 Å². The van der Waals surface area contributed by atoms with E-state index in [4.69, 9.17) is 14.5 Å². The Labute approximate surface area is 255 Å². The van der Waals surface area contributed by atoms with Crippen LogP contribution in [0.1, 0.15) is 52.0 Å². The molecule has 0 aliphatic carbocycles. The van der Waals surface area contributed by atoms with Crippen LogP contribution in [-0.4, -0.2) is 81.6 Å². The number of likely N-dealkylation sites (N-methyl/N-ethyl adjacent to an activating group) is 1. The van der Waals surface area contributed by atoms with Gasteiger partial charge in [0.15, 0.2) is 5.82 Å². The van der Waals surface area contributed by atoms with Crippen molar-refractivity contribution in [3.63, 3.8) is 0 Å². The highest BCUT2D eigenvalue weighted by atomic mass is 19.1. The van der Waals surface area contributed by atoms with Crippen molar-refractivity contribution in [3.8, 4) is 28.9 Å². The number of aromatic hydroxyl groups is 1. The standard InChI is InChI=1S/C33H39F2N5O4/c1-5-22-24(34)10-9-20-15-21(42)16-23(25(20)22)28-27(35)29-26(31(36-28)43-4)30(39(6-2)17-19(3)41)38-32(37-29)44-18-33-11-7-13-40(33)14-8-12-33/h9-10,15-16,19,41-42H,5-8,11-14,17-18H2,1-4H3. The number of hydrogen-bond donors (Lipinski definition) is 2. The van der Waals surface area contributed by atoms with Gasteiger partial charge < -0.3 is 24.6 Å². The maximum Gasteiger partial charge on any atom is 0.319 e. The molecule has 2 N–H and O–H groups in total. The van der Waals surface area contributed by atoms with Gasteiger partial charge >= 0.3 is 6.01 Å². The van der Waals surface area contributed by atoms with Crippen molar-refractivity contribution in [2.24, 2.45) is 0 Å². The van der Waals surface area contributed by atoms with E-state index in [9.17, 15) is 14.6 Å². The molecule has 44 heavy (non-hydrogen) atoms. The summed E-state index contributed by atoms with van der Waals surface area (Å²) in [5.74, 6) is -0.924. The number of aliphatic hydroxyl groups excluding tert-OH is 1. The molecule has 2 fully saturated rings. The van der Waals surface area contributed by atoms with Crippen molar-refractivity contribution in [1.29, 1.82) is 0 Å². The van der Waals surface area contributed by atoms with E-state index in [1.165, 1.54) is 25.3 Å². The predicted octanol–water partition coefficient (Wildman–Crippen LogP) is 5.61. The van der Waals surface area contributed by atoms with Gasteiger partial charge in [-0.1, -0.05) is 13.0 Å². The van der Waals surface area contributed by atoms with Gasteiger partial charge in [-0.3, -0.25) is 4.90 Å². The minimum atomic E-state index is -0.776. The number of nitrogens with zero attached hydrogens (tertiary/aromatic N) is 5. The maximum absolute atomic E-state index is 16.9. The molecule has 2 saturated heterocycles. The van der Waals surface area contributed by atoms with Gasteiger partial charge in [0, 0.05) is 18.7 Å². The van der Waals surface area contributed by atoms with Crippen LogP contribution in [0.5, 0.6) is 17.6 Å². The Morgan fingerprint density at radius 3 is 2.48 bits per heavy atom. The second-order valence-corrected chi connectivity index (χ2v) is 11.9. The molecule has 11 heteroatoms. The number of fused-ring (bicyclic) bond motifs is 3. The number of benzene rings is 2. The predicted molar refractivity (Wildman–Crippen MR) is 166 cm³/mol. The van der Waals surface area contributed by atoms with Gasteiger partial charge in [-0.15, -0.1) is 0 Å². The van der Waals surface area contributed by atoms with Crippen LogP contribution < -0.4 is 14.4 Å². The third kappa shape index (κ3) is 5.15. The maximum atomic E-state index is 16.9. The number of aliphatic hydroxyl groups is 1. The molecule has 1 atom stereocenters. The highest BCUT2D eigenvalue weighted by Crippen LogP contribution is 2.43. The molecule has 0 saturated carbocycles. The average Bonchev–Trinajstić information content (AvgIpc) is 3.59. The lowest BCUT2D eigenvalue weighted by Crippen LogP contribution is -2.43. The smallest absolute Gasteiger partial charge is 0.319 e. The quantitative estimate of drug-likeness (QED) is 0.238. The summed E-state index contributed by atoms with van der Waals surface area (Å²) in [5.41, 5.74) is 0.314. The fourth-order valence-electron chi connectivity index (χ4n) is 7.10. The average molecular weight is 608 g/mol. The molecule has 4 aromatic rings. The van der Waals surface area contributed by atoms with Crippen LogP contribution >= 0.6 is 0 Å². The summed E-state index contributed by atoms with van der Waals surface area (Å²) in [4.78, 5) is 18.2. The Balaban J connectivity index is 1.59. The molecule has 0 spiro atoms. The second kappa shape index (κ2) is 11.9. The molecule has 2 aromatic carbocycles. The molecule has 9 nitrogen and oxygen atoms in total. The molecule has 1 unspecified atom stereocenters. The Kier molecular flexibility index (Phi) is 8.19. The number of aryl methyl sites for hydroxylation is 1. The molecule has 234 valence electrons. The molecule has 4 heterocycles. The fourth-order valence-corrected chi connectivity index (χ4v) is 7.10.